The first-order valence-electron chi connectivity index (χ1n) is 6.02. The van der Waals surface area contributed by atoms with Crippen molar-refractivity contribution in [3.05, 3.63) is 28.2 Å². The van der Waals surface area contributed by atoms with Gasteiger partial charge in [-0.1, -0.05) is 11.6 Å². The highest BCUT2D eigenvalue weighted by Crippen LogP contribution is 2.41. The Kier molecular flexibility index (Phi) is 3.59. The molecule has 2 aromatic rings. The lowest BCUT2D eigenvalue weighted by atomic mass is 10.2. The molecule has 0 saturated heterocycles. The number of hydrogen-bond acceptors (Lipinski definition) is 5. The molecule has 0 spiro atoms. The molecule has 19 heavy (non-hydrogen) atoms. The molecule has 0 bridgehead atoms. The fourth-order valence-electron chi connectivity index (χ4n) is 1.89. The highest BCUT2D eigenvalue weighted by Gasteiger charge is 2.17. The largest absolute Gasteiger partial charge is 0.489 e. The summed E-state index contributed by atoms with van der Waals surface area (Å²) in [6, 6.07) is 3.78. The van der Waals surface area contributed by atoms with Crippen molar-refractivity contribution in [3.8, 4) is 22.1 Å². The molecule has 0 radical (unpaired) electrons. The standard InChI is InChI=1S/C13H13ClN2O2S/c14-10-4-8(13-16-9(6-15)7-19-13)5-11-12(10)18-3-1-2-17-11/h4-5,7H,1-3,6,15H2. The summed E-state index contributed by atoms with van der Waals surface area (Å²) in [5, 5.41) is 3.39. The number of nitrogens with two attached hydrogens (primary N) is 1. The highest BCUT2D eigenvalue weighted by molar-refractivity contribution is 7.13. The van der Waals surface area contributed by atoms with Crippen LogP contribution in [-0.4, -0.2) is 18.2 Å². The lowest BCUT2D eigenvalue weighted by Gasteiger charge is -2.10. The van der Waals surface area contributed by atoms with E-state index in [1.165, 1.54) is 0 Å². The van der Waals surface area contributed by atoms with Crippen LogP contribution in [0.1, 0.15) is 12.1 Å². The zero-order chi connectivity index (χ0) is 13.2. The third kappa shape index (κ3) is 2.54. The van der Waals surface area contributed by atoms with E-state index in [0.717, 1.165) is 22.7 Å². The molecule has 6 heteroatoms. The summed E-state index contributed by atoms with van der Waals surface area (Å²) in [5.74, 6) is 1.31. The van der Waals surface area contributed by atoms with Crippen LogP contribution in [0.15, 0.2) is 17.5 Å². The Bertz CT molecular complexity index is 600. The third-order valence-corrected chi connectivity index (χ3v) is 4.03. The van der Waals surface area contributed by atoms with Crippen molar-refractivity contribution in [1.29, 1.82) is 0 Å². The van der Waals surface area contributed by atoms with Gasteiger partial charge in [-0.3, -0.25) is 0 Å². The maximum absolute atomic E-state index is 6.26. The fraction of sp³-hybridized carbons (Fsp3) is 0.308. The van der Waals surface area contributed by atoms with Crippen LogP contribution in [-0.2, 0) is 6.54 Å². The quantitative estimate of drug-likeness (QED) is 0.925. The lowest BCUT2D eigenvalue weighted by Crippen LogP contribution is -1.97. The molecule has 1 aliphatic heterocycles. The predicted molar refractivity (Wildman–Crippen MR) is 76.1 cm³/mol. The summed E-state index contributed by atoms with van der Waals surface area (Å²) >= 11 is 7.80. The van der Waals surface area contributed by atoms with Crippen molar-refractivity contribution in [2.45, 2.75) is 13.0 Å². The SMILES string of the molecule is NCc1csc(-c2cc(Cl)c3c(c2)OCCCO3)n1. The Labute approximate surface area is 120 Å². The smallest absolute Gasteiger partial charge is 0.179 e. The first-order valence-corrected chi connectivity index (χ1v) is 7.27. The minimum Gasteiger partial charge on any atom is -0.489 e. The zero-order valence-corrected chi connectivity index (χ0v) is 11.8. The number of thiazole rings is 1. The van der Waals surface area contributed by atoms with Crippen LogP contribution >= 0.6 is 22.9 Å². The monoisotopic (exact) mass is 296 g/mol. The molecule has 1 aliphatic rings. The number of halogens is 1. The molecular formula is C13H13ClN2O2S. The minimum absolute atomic E-state index is 0.439. The molecule has 0 fully saturated rings. The van der Waals surface area contributed by atoms with E-state index in [1.807, 2.05) is 17.5 Å². The maximum Gasteiger partial charge on any atom is 0.179 e. The zero-order valence-electron chi connectivity index (χ0n) is 10.2. The topological polar surface area (TPSA) is 57.4 Å². The molecule has 2 N–H and O–H groups in total. The molecule has 0 unspecified atom stereocenters. The lowest BCUT2D eigenvalue weighted by molar-refractivity contribution is 0.297. The number of benzene rings is 1. The van der Waals surface area contributed by atoms with Gasteiger partial charge in [0.05, 0.1) is 23.9 Å². The number of ether oxygens (including phenoxy) is 2. The minimum atomic E-state index is 0.439. The summed E-state index contributed by atoms with van der Waals surface area (Å²) in [6.07, 6.45) is 0.856. The van der Waals surface area contributed by atoms with Gasteiger partial charge in [-0.2, -0.15) is 0 Å². The second kappa shape index (κ2) is 5.36. The van der Waals surface area contributed by atoms with E-state index >= 15 is 0 Å². The summed E-state index contributed by atoms with van der Waals surface area (Å²) in [7, 11) is 0. The number of aromatic nitrogens is 1. The molecule has 1 aromatic heterocycles. The number of nitrogens with zero attached hydrogens (tertiary/aromatic N) is 1. The fourth-order valence-corrected chi connectivity index (χ4v) is 2.97. The van der Waals surface area contributed by atoms with E-state index in [9.17, 15) is 0 Å². The molecule has 0 saturated carbocycles. The van der Waals surface area contributed by atoms with Gasteiger partial charge in [0.15, 0.2) is 11.5 Å². The van der Waals surface area contributed by atoms with E-state index in [2.05, 4.69) is 4.98 Å². The molecule has 3 rings (SSSR count). The van der Waals surface area contributed by atoms with Crippen LogP contribution in [0.25, 0.3) is 10.6 Å². The number of hydrogen-bond donors (Lipinski definition) is 1. The van der Waals surface area contributed by atoms with Gasteiger partial charge >= 0.3 is 0 Å². The third-order valence-electron chi connectivity index (χ3n) is 2.81. The van der Waals surface area contributed by atoms with Gasteiger partial charge in [-0.25, -0.2) is 4.98 Å². The van der Waals surface area contributed by atoms with Crippen molar-refractivity contribution in [2.75, 3.05) is 13.2 Å². The van der Waals surface area contributed by atoms with Crippen LogP contribution in [0.4, 0.5) is 0 Å². The number of fused-ring (bicyclic) bond motifs is 1. The summed E-state index contributed by atoms with van der Waals surface area (Å²) in [5.41, 5.74) is 7.38. The number of rotatable bonds is 2. The Hall–Kier alpha value is -1.30. The van der Waals surface area contributed by atoms with Crippen molar-refractivity contribution >= 4 is 22.9 Å². The first-order chi connectivity index (χ1) is 9.28. The molecule has 100 valence electrons. The Morgan fingerprint density at radius 2 is 2.16 bits per heavy atom. The van der Waals surface area contributed by atoms with Crippen molar-refractivity contribution in [2.24, 2.45) is 5.73 Å². The van der Waals surface area contributed by atoms with E-state index in [1.54, 1.807) is 11.3 Å². The molecule has 2 heterocycles. The highest BCUT2D eigenvalue weighted by atomic mass is 35.5. The van der Waals surface area contributed by atoms with Gasteiger partial charge in [0.25, 0.3) is 0 Å². The first kappa shape index (κ1) is 12.7. The van der Waals surface area contributed by atoms with Gasteiger partial charge in [-0.05, 0) is 12.1 Å². The molecule has 0 aliphatic carbocycles. The van der Waals surface area contributed by atoms with Crippen LogP contribution < -0.4 is 15.2 Å². The van der Waals surface area contributed by atoms with E-state index in [0.29, 0.717) is 36.3 Å². The molecule has 0 amide bonds. The maximum atomic E-state index is 6.26. The van der Waals surface area contributed by atoms with Crippen molar-refractivity contribution in [1.82, 2.24) is 4.98 Å². The van der Waals surface area contributed by atoms with E-state index in [4.69, 9.17) is 26.8 Å². The van der Waals surface area contributed by atoms with Crippen molar-refractivity contribution in [3.63, 3.8) is 0 Å². The molecule has 4 nitrogen and oxygen atoms in total. The average Bonchev–Trinajstić information content (AvgIpc) is 2.77. The van der Waals surface area contributed by atoms with Crippen LogP contribution in [0, 0.1) is 0 Å². The Morgan fingerprint density at radius 1 is 1.32 bits per heavy atom. The van der Waals surface area contributed by atoms with E-state index < -0.39 is 0 Å². The molecular weight excluding hydrogens is 284 g/mol. The van der Waals surface area contributed by atoms with Gasteiger partial charge in [0, 0.05) is 23.9 Å². The summed E-state index contributed by atoms with van der Waals surface area (Å²) in [6.45, 7) is 1.70. The normalized spacial score (nSPS) is 14.2. The molecule has 1 aromatic carbocycles. The van der Waals surface area contributed by atoms with E-state index in [-0.39, 0.29) is 0 Å². The Balaban J connectivity index is 2.03. The van der Waals surface area contributed by atoms with Crippen LogP contribution in [0.2, 0.25) is 5.02 Å². The summed E-state index contributed by atoms with van der Waals surface area (Å²) < 4.78 is 11.3. The van der Waals surface area contributed by atoms with Crippen molar-refractivity contribution < 1.29 is 9.47 Å². The van der Waals surface area contributed by atoms with Gasteiger partial charge < -0.3 is 15.2 Å². The van der Waals surface area contributed by atoms with Gasteiger partial charge in [-0.15, -0.1) is 11.3 Å². The second-order valence-corrected chi connectivity index (χ2v) is 5.45. The Morgan fingerprint density at radius 3 is 2.95 bits per heavy atom. The van der Waals surface area contributed by atoms with Crippen LogP contribution in [0.3, 0.4) is 0 Å². The second-order valence-electron chi connectivity index (χ2n) is 4.18. The van der Waals surface area contributed by atoms with Gasteiger partial charge in [0.1, 0.15) is 5.01 Å². The molecule has 0 atom stereocenters. The average molecular weight is 297 g/mol. The summed E-state index contributed by atoms with van der Waals surface area (Å²) in [4.78, 5) is 4.45. The van der Waals surface area contributed by atoms with Gasteiger partial charge in [0.2, 0.25) is 0 Å². The predicted octanol–water partition coefficient (Wildman–Crippen LogP) is 3.08. The van der Waals surface area contributed by atoms with Crippen LogP contribution in [0.5, 0.6) is 11.5 Å².